The van der Waals surface area contributed by atoms with Gasteiger partial charge in [-0.1, -0.05) is 60.1 Å². The number of halogens is 1. The molecule has 94 valence electrons. The van der Waals surface area contributed by atoms with Crippen LogP contribution in [0.1, 0.15) is 25.5 Å². The predicted molar refractivity (Wildman–Crippen MR) is 78.8 cm³/mol. The number of ether oxygens (including phenoxy) is 1. The molecule has 1 atom stereocenters. The molecule has 2 heteroatoms. The first-order valence-corrected chi connectivity index (χ1v) is 6.93. The molecular weight excluding hydrogens is 288 g/mol. The van der Waals surface area contributed by atoms with Crippen LogP contribution < -0.4 is 4.74 Å². The second-order valence-corrected chi connectivity index (χ2v) is 5.56. The number of hydrogen-bond donors (Lipinski definition) is 0. The van der Waals surface area contributed by atoms with E-state index < -0.39 is 0 Å². The fourth-order valence-corrected chi connectivity index (χ4v) is 2.15. The maximum atomic E-state index is 6.09. The van der Waals surface area contributed by atoms with Gasteiger partial charge < -0.3 is 4.74 Å². The van der Waals surface area contributed by atoms with E-state index in [1.165, 1.54) is 5.56 Å². The van der Waals surface area contributed by atoms with Gasteiger partial charge in [0.05, 0.1) is 0 Å². The molecule has 1 nitrogen and oxygen atoms in total. The monoisotopic (exact) mass is 304 g/mol. The van der Waals surface area contributed by atoms with Gasteiger partial charge in [-0.15, -0.1) is 0 Å². The van der Waals surface area contributed by atoms with Gasteiger partial charge in [0.1, 0.15) is 11.9 Å². The molecule has 0 fully saturated rings. The molecule has 0 aliphatic carbocycles. The van der Waals surface area contributed by atoms with Crippen LogP contribution in [0.2, 0.25) is 0 Å². The standard InChI is InChI=1S/C16H17BrO/c1-12(2)16(13-8-10-14(17)11-9-13)18-15-6-4-3-5-7-15/h3-12,16H,1-2H3. The van der Waals surface area contributed by atoms with E-state index >= 15 is 0 Å². The van der Waals surface area contributed by atoms with Crippen molar-refractivity contribution in [1.82, 2.24) is 0 Å². The molecule has 2 rings (SSSR count). The summed E-state index contributed by atoms with van der Waals surface area (Å²) in [6.07, 6.45) is 0.0838. The van der Waals surface area contributed by atoms with Gasteiger partial charge in [-0.05, 0) is 35.7 Å². The van der Waals surface area contributed by atoms with Crippen molar-refractivity contribution in [3.8, 4) is 5.75 Å². The first kappa shape index (κ1) is 13.2. The zero-order valence-electron chi connectivity index (χ0n) is 10.6. The summed E-state index contributed by atoms with van der Waals surface area (Å²) in [5.74, 6) is 1.34. The first-order valence-electron chi connectivity index (χ1n) is 6.14. The summed E-state index contributed by atoms with van der Waals surface area (Å²) in [7, 11) is 0. The minimum atomic E-state index is 0.0838. The predicted octanol–water partition coefficient (Wildman–Crippen LogP) is 5.23. The largest absolute Gasteiger partial charge is 0.485 e. The highest BCUT2D eigenvalue weighted by atomic mass is 79.9. The maximum absolute atomic E-state index is 6.09. The molecule has 0 amide bonds. The Morgan fingerprint density at radius 3 is 2.06 bits per heavy atom. The van der Waals surface area contributed by atoms with E-state index in [9.17, 15) is 0 Å². The highest BCUT2D eigenvalue weighted by Crippen LogP contribution is 2.28. The van der Waals surface area contributed by atoms with Gasteiger partial charge in [-0.25, -0.2) is 0 Å². The van der Waals surface area contributed by atoms with E-state index in [1.54, 1.807) is 0 Å². The lowest BCUT2D eigenvalue weighted by atomic mass is 9.99. The second kappa shape index (κ2) is 6.05. The molecule has 0 N–H and O–H groups in total. The molecule has 0 aliphatic rings. The molecule has 0 saturated heterocycles. The highest BCUT2D eigenvalue weighted by Gasteiger charge is 2.17. The van der Waals surface area contributed by atoms with Crippen LogP contribution in [0.5, 0.6) is 5.75 Å². The second-order valence-electron chi connectivity index (χ2n) is 4.65. The Morgan fingerprint density at radius 2 is 1.50 bits per heavy atom. The number of para-hydroxylation sites is 1. The van der Waals surface area contributed by atoms with Crippen LogP contribution in [0, 0.1) is 5.92 Å². The quantitative estimate of drug-likeness (QED) is 0.752. The van der Waals surface area contributed by atoms with Crippen molar-refractivity contribution in [2.45, 2.75) is 20.0 Å². The van der Waals surface area contributed by atoms with Crippen LogP contribution in [-0.4, -0.2) is 0 Å². The summed E-state index contributed by atoms with van der Waals surface area (Å²) >= 11 is 3.46. The van der Waals surface area contributed by atoms with E-state index in [0.717, 1.165) is 10.2 Å². The van der Waals surface area contributed by atoms with E-state index in [1.807, 2.05) is 30.3 Å². The number of benzene rings is 2. The fraction of sp³-hybridized carbons (Fsp3) is 0.250. The minimum absolute atomic E-state index is 0.0838. The Morgan fingerprint density at radius 1 is 0.889 bits per heavy atom. The highest BCUT2D eigenvalue weighted by molar-refractivity contribution is 9.10. The van der Waals surface area contributed by atoms with Crippen molar-refractivity contribution in [1.29, 1.82) is 0 Å². The molecular formula is C16H17BrO. The lowest BCUT2D eigenvalue weighted by Gasteiger charge is -2.23. The van der Waals surface area contributed by atoms with E-state index in [-0.39, 0.29) is 6.10 Å². The van der Waals surface area contributed by atoms with Gasteiger partial charge in [0.2, 0.25) is 0 Å². The van der Waals surface area contributed by atoms with E-state index in [4.69, 9.17) is 4.74 Å². The average molecular weight is 305 g/mol. The third-order valence-electron chi connectivity index (χ3n) is 2.81. The van der Waals surface area contributed by atoms with Crippen LogP contribution in [0.15, 0.2) is 59.1 Å². The van der Waals surface area contributed by atoms with Crippen molar-refractivity contribution in [2.24, 2.45) is 5.92 Å². The molecule has 0 spiro atoms. The molecule has 0 bridgehead atoms. The normalized spacial score (nSPS) is 12.4. The molecule has 2 aromatic carbocycles. The Bertz CT molecular complexity index is 476. The Balaban J connectivity index is 2.21. The Hall–Kier alpha value is -1.28. The lowest BCUT2D eigenvalue weighted by molar-refractivity contribution is 0.153. The minimum Gasteiger partial charge on any atom is -0.485 e. The van der Waals surface area contributed by atoms with Gasteiger partial charge in [0.15, 0.2) is 0 Å². The van der Waals surface area contributed by atoms with Crippen LogP contribution in [0.25, 0.3) is 0 Å². The molecule has 2 aromatic rings. The van der Waals surface area contributed by atoms with Gasteiger partial charge in [0, 0.05) is 4.47 Å². The first-order chi connectivity index (χ1) is 8.66. The molecule has 0 aromatic heterocycles. The van der Waals surface area contributed by atoms with Crippen molar-refractivity contribution >= 4 is 15.9 Å². The summed E-state index contributed by atoms with van der Waals surface area (Å²) in [6.45, 7) is 4.35. The molecule has 0 aliphatic heterocycles. The van der Waals surface area contributed by atoms with Gasteiger partial charge in [0.25, 0.3) is 0 Å². The van der Waals surface area contributed by atoms with E-state index in [0.29, 0.717) is 5.92 Å². The third-order valence-corrected chi connectivity index (χ3v) is 3.34. The zero-order chi connectivity index (χ0) is 13.0. The molecule has 1 unspecified atom stereocenters. The zero-order valence-corrected chi connectivity index (χ0v) is 12.2. The Labute approximate surface area is 117 Å². The smallest absolute Gasteiger partial charge is 0.126 e. The number of hydrogen-bond acceptors (Lipinski definition) is 1. The lowest BCUT2D eigenvalue weighted by Crippen LogP contribution is -2.14. The number of rotatable bonds is 4. The molecule has 0 saturated carbocycles. The van der Waals surface area contributed by atoms with Gasteiger partial charge >= 0.3 is 0 Å². The average Bonchev–Trinajstić information content (AvgIpc) is 2.38. The molecule has 18 heavy (non-hydrogen) atoms. The molecule has 0 heterocycles. The summed E-state index contributed by atoms with van der Waals surface area (Å²) in [6, 6.07) is 18.3. The SMILES string of the molecule is CC(C)C(Oc1ccccc1)c1ccc(Br)cc1. The topological polar surface area (TPSA) is 9.23 Å². The molecule has 0 radical (unpaired) electrons. The summed E-state index contributed by atoms with van der Waals surface area (Å²) in [5.41, 5.74) is 1.21. The third kappa shape index (κ3) is 3.36. The fourth-order valence-electron chi connectivity index (χ4n) is 1.89. The van der Waals surface area contributed by atoms with Crippen molar-refractivity contribution in [3.05, 3.63) is 64.6 Å². The van der Waals surface area contributed by atoms with Crippen molar-refractivity contribution in [3.63, 3.8) is 0 Å². The summed E-state index contributed by atoms with van der Waals surface area (Å²) < 4.78 is 7.18. The van der Waals surface area contributed by atoms with Gasteiger partial charge in [-0.2, -0.15) is 0 Å². The van der Waals surface area contributed by atoms with E-state index in [2.05, 4.69) is 54.0 Å². The van der Waals surface area contributed by atoms with Crippen LogP contribution in [-0.2, 0) is 0 Å². The van der Waals surface area contributed by atoms with Gasteiger partial charge in [-0.3, -0.25) is 0 Å². The van der Waals surface area contributed by atoms with Crippen LogP contribution in [0.4, 0.5) is 0 Å². The summed E-state index contributed by atoms with van der Waals surface area (Å²) in [4.78, 5) is 0. The van der Waals surface area contributed by atoms with Crippen molar-refractivity contribution < 1.29 is 4.74 Å². The van der Waals surface area contributed by atoms with Crippen LogP contribution in [0.3, 0.4) is 0 Å². The summed E-state index contributed by atoms with van der Waals surface area (Å²) in [5, 5.41) is 0. The Kier molecular flexibility index (Phi) is 4.43. The van der Waals surface area contributed by atoms with Crippen molar-refractivity contribution in [2.75, 3.05) is 0 Å². The van der Waals surface area contributed by atoms with Crippen LogP contribution >= 0.6 is 15.9 Å². The maximum Gasteiger partial charge on any atom is 0.126 e.